The van der Waals surface area contributed by atoms with Gasteiger partial charge in [0.15, 0.2) is 9.84 Å². The predicted molar refractivity (Wildman–Crippen MR) is 111 cm³/mol. The molecule has 5 nitrogen and oxygen atoms in total. The first-order valence-corrected chi connectivity index (χ1v) is 11.4. The Morgan fingerprint density at radius 2 is 1.47 bits per heavy atom. The van der Waals surface area contributed by atoms with Crippen LogP contribution in [-0.4, -0.2) is 24.2 Å². The third kappa shape index (κ3) is 4.58. The zero-order valence-corrected chi connectivity index (χ0v) is 18.0. The second kappa shape index (κ2) is 8.05. The van der Waals surface area contributed by atoms with Crippen molar-refractivity contribution in [3.05, 3.63) is 78.1 Å². The van der Waals surface area contributed by atoms with Gasteiger partial charge in [-0.2, -0.15) is 26.3 Å². The number of fused-ring (bicyclic) bond motifs is 1. The second-order valence-corrected chi connectivity index (χ2v) is 9.30. The van der Waals surface area contributed by atoms with E-state index in [0.717, 1.165) is 18.4 Å². The molecule has 0 fully saturated rings. The molecule has 0 aliphatic rings. The van der Waals surface area contributed by atoms with Crippen LogP contribution < -0.4 is 4.74 Å². The van der Waals surface area contributed by atoms with Gasteiger partial charge in [-0.1, -0.05) is 12.1 Å². The standard InChI is InChI=1S/C22H14F6N2O3S/c1-34(31,32)16-5-2-4-15(12-16)33-14-10-8-13(9-11-14)30-18-7-3-6-17(21(23,24)25)19(18)29-20(30)22(26,27)28/h2-12H,1H3. The largest absolute Gasteiger partial charge is 0.457 e. The van der Waals surface area contributed by atoms with E-state index in [1.807, 2.05) is 0 Å². The van der Waals surface area contributed by atoms with E-state index in [4.69, 9.17) is 4.74 Å². The van der Waals surface area contributed by atoms with Crippen molar-refractivity contribution in [2.45, 2.75) is 17.2 Å². The first-order chi connectivity index (χ1) is 15.7. The average molecular weight is 500 g/mol. The van der Waals surface area contributed by atoms with Crippen LogP contribution in [-0.2, 0) is 22.2 Å². The van der Waals surface area contributed by atoms with Gasteiger partial charge in [-0.25, -0.2) is 13.4 Å². The maximum Gasteiger partial charge on any atom is 0.450 e. The number of halogens is 6. The van der Waals surface area contributed by atoms with E-state index in [0.29, 0.717) is 10.6 Å². The summed E-state index contributed by atoms with van der Waals surface area (Å²) in [5, 5.41) is 0. The molecule has 178 valence electrons. The lowest BCUT2D eigenvalue weighted by Crippen LogP contribution is -2.13. The molecule has 0 spiro atoms. The zero-order valence-electron chi connectivity index (χ0n) is 17.1. The molecule has 4 aromatic rings. The Bertz CT molecular complexity index is 1470. The highest BCUT2D eigenvalue weighted by Gasteiger charge is 2.41. The highest BCUT2D eigenvalue weighted by molar-refractivity contribution is 7.90. The number of imidazole rings is 1. The van der Waals surface area contributed by atoms with E-state index < -0.39 is 39.1 Å². The van der Waals surface area contributed by atoms with Crippen LogP contribution >= 0.6 is 0 Å². The van der Waals surface area contributed by atoms with Crippen molar-refractivity contribution < 1.29 is 39.5 Å². The Morgan fingerprint density at radius 1 is 0.824 bits per heavy atom. The van der Waals surface area contributed by atoms with Gasteiger partial charge in [-0.15, -0.1) is 0 Å². The minimum Gasteiger partial charge on any atom is -0.457 e. The van der Waals surface area contributed by atoms with Crippen LogP contribution in [0.15, 0.2) is 71.6 Å². The van der Waals surface area contributed by atoms with E-state index in [9.17, 15) is 34.8 Å². The van der Waals surface area contributed by atoms with Gasteiger partial charge in [-0.3, -0.25) is 4.57 Å². The summed E-state index contributed by atoms with van der Waals surface area (Å²) in [6.07, 6.45) is -8.89. The number of alkyl halides is 6. The number of sulfone groups is 1. The number of rotatable bonds is 4. The lowest BCUT2D eigenvalue weighted by molar-refractivity contribution is -0.146. The average Bonchev–Trinajstić information content (AvgIpc) is 3.13. The molecule has 34 heavy (non-hydrogen) atoms. The van der Waals surface area contributed by atoms with Gasteiger partial charge in [0.2, 0.25) is 5.82 Å². The quantitative estimate of drug-likeness (QED) is 0.311. The Morgan fingerprint density at radius 3 is 2.06 bits per heavy atom. The number of ether oxygens (including phenoxy) is 1. The third-order valence-corrected chi connectivity index (χ3v) is 5.92. The number of benzene rings is 3. The van der Waals surface area contributed by atoms with E-state index >= 15 is 0 Å². The van der Waals surface area contributed by atoms with Gasteiger partial charge in [0.05, 0.1) is 16.0 Å². The van der Waals surface area contributed by atoms with Crippen molar-refractivity contribution in [2.75, 3.05) is 6.26 Å². The molecule has 0 saturated carbocycles. The zero-order chi connectivity index (χ0) is 24.9. The number of para-hydroxylation sites is 1. The molecule has 0 radical (unpaired) electrons. The summed E-state index contributed by atoms with van der Waals surface area (Å²) < 4.78 is 111. The molecule has 0 N–H and O–H groups in total. The van der Waals surface area contributed by atoms with E-state index in [-0.39, 0.29) is 27.6 Å². The summed E-state index contributed by atoms with van der Waals surface area (Å²) in [7, 11) is -3.48. The van der Waals surface area contributed by atoms with Crippen LogP contribution in [0.4, 0.5) is 26.3 Å². The Labute approximate surface area is 189 Å². The second-order valence-electron chi connectivity index (χ2n) is 7.28. The van der Waals surface area contributed by atoms with Crippen LogP contribution in [0.25, 0.3) is 16.7 Å². The molecule has 4 rings (SSSR count). The van der Waals surface area contributed by atoms with Crippen molar-refractivity contribution in [3.8, 4) is 17.2 Å². The summed E-state index contributed by atoms with van der Waals surface area (Å²) in [4.78, 5) is 3.29. The Hall–Kier alpha value is -3.54. The van der Waals surface area contributed by atoms with E-state index in [1.165, 1.54) is 48.5 Å². The minimum atomic E-state index is -5.02. The molecule has 0 bridgehead atoms. The molecule has 1 aromatic heterocycles. The van der Waals surface area contributed by atoms with Crippen molar-refractivity contribution in [3.63, 3.8) is 0 Å². The molecule has 0 atom stereocenters. The van der Waals surface area contributed by atoms with Crippen LogP contribution in [0.5, 0.6) is 11.5 Å². The summed E-state index contributed by atoms with van der Waals surface area (Å²) >= 11 is 0. The smallest absolute Gasteiger partial charge is 0.450 e. The highest BCUT2D eigenvalue weighted by Crippen LogP contribution is 2.39. The molecule has 0 amide bonds. The van der Waals surface area contributed by atoms with Crippen LogP contribution in [0.2, 0.25) is 0 Å². The molecule has 0 aliphatic heterocycles. The lowest BCUT2D eigenvalue weighted by atomic mass is 10.1. The third-order valence-electron chi connectivity index (χ3n) is 4.81. The molecule has 3 aromatic carbocycles. The van der Waals surface area contributed by atoms with Gasteiger partial charge in [-0.05, 0) is 54.6 Å². The highest BCUT2D eigenvalue weighted by atomic mass is 32.2. The van der Waals surface area contributed by atoms with E-state index in [2.05, 4.69) is 4.98 Å². The first kappa shape index (κ1) is 23.6. The Balaban J connectivity index is 1.77. The fourth-order valence-corrected chi connectivity index (χ4v) is 4.00. The normalized spacial score (nSPS) is 12.8. The van der Waals surface area contributed by atoms with Crippen molar-refractivity contribution in [2.24, 2.45) is 0 Å². The van der Waals surface area contributed by atoms with Crippen LogP contribution in [0.1, 0.15) is 11.4 Å². The van der Waals surface area contributed by atoms with Crippen molar-refractivity contribution in [1.82, 2.24) is 9.55 Å². The van der Waals surface area contributed by atoms with Gasteiger partial charge in [0.1, 0.15) is 17.0 Å². The predicted octanol–water partition coefficient (Wildman–Crippen LogP) is 6.26. The van der Waals surface area contributed by atoms with E-state index in [1.54, 1.807) is 0 Å². The Kier molecular flexibility index (Phi) is 5.59. The SMILES string of the molecule is CS(=O)(=O)c1cccc(Oc2ccc(-n3c(C(F)(F)F)nc4c(C(F)(F)F)cccc43)cc2)c1. The van der Waals surface area contributed by atoms with Crippen molar-refractivity contribution >= 4 is 20.9 Å². The fourth-order valence-electron chi connectivity index (χ4n) is 3.35. The molecule has 0 aliphatic carbocycles. The number of aromatic nitrogens is 2. The van der Waals surface area contributed by atoms with Crippen LogP contribution in [0.3, 0.4) is 0 Å². The molecule has 12 heteroatoms. The maximum absolute atomic E-state index is 13.7. The monoisotopic (exact) mass is 500 g/mol. The summed E-state index contributed by atoms with van der Waals surface area (Å²) in [6.45, 7) is 0. The van der Waals surface area contributed by atoms with Gasteiger partial charge in [0, 0.05) is 11.9 Å². The molecule has 0 unspecified atom stereocenters. The molecule has 1 heterocycles. The molecule has 0 saturated heterocycles. The molecular weight excluding hydrogens is 486 g/mol. The topological polar surface area (TPSA) is 61.2 Å². The minimum absolute atomic E-state index is 0.0155. The van der Waals surface area contributed by atoms with Gasteiger partial charge >= 0.3 is 12.4 Å². The number of nitrogens with zero attached hydrogens (tertiary/aromatic N) is 2. The summed E-state index contributed by atoms with van der Waals surface area (Å²) in [5.41, 5.74) is -2.55. The lowest BCUT2D eigenvalue weighted by Gasteiger charge is -2.13. The fraction of sp³-hybridized carbons (Fsp3) is 0.136. The summed E-state index contributed by atoms with van der Waals surface area (Å²) in [6, 6.07) is 13.5. The maximum atomic E-state index is 13.7. The summed E-state index contributed by atoms with van der Waals surface area (Å²) in [5.74, 6) is -1.16. The van der Waals surface area contributed by atoms with Gasteiger partial charge in [0.25, 0.3) is 0 Å². The number of hydrogen-bond donors (Lipinski definition) is 0. The first-order valence-electron chi connectivity index (χ1n) is 9.49. The van der Waals surface area contributed by atoms with Crippen molar-refractivity contribution in [1.29, 1.82) is 0 Å². The number of hydrogen-bond acceptors (Lipinski definition) is 4. The molecular formula is C22H14F6N2O3S. The van der Waals surface area contributed by atoms with Gasteiger partial charge < -0.3 is 4.74 Å². The van der Waals surface area contributed by atoms with Crippen LogP contribution in [0, 0.1) is 0 Å².